The summed E-state index contributed by atoms with van der Waals surface area (Å²) in [5.41, 5.74) is 0. The van der Waals surface area contributed by atoms with E-state index in [1.165, 1.54) is 0 Å². The molecule has 1 N–H and O–H groups in total. The van der Waals surface area contributed by atoms with E-state index < -0.39 is 34.9 Å². The van der Waals surface area contributed by atoms with Gasteiger partial charge in [0.25, 0.3) is 10.1 Å². The first-order valence-corrected chi connectivity index (χ1v) is 8.08. The van der Waals surface area contributed by atoms with Crippen molar-refractivity contribution < 1.29 is 91.9 Å². The van der Waals surface area contributed by atoms with Crippen LogP contribution < -0.4 is 69.3 Å². The zero-order valence-electron chi connectivity index (χ0n) is 13.8. The monoisotopic (exact) mass is 356 g/mol. The molecule has 0 aromatic carbocycles. The average Bonchev–Trinajstić information content (AvgIpc) is 2.31. The van der Waals surface area contributed by atoms with Crippen molar-refractivity contribution in [3.05, 3.63) is 0 Å². The molecule has 0 radical (unpaired) electrons. The van der Waals surface area contributed by atoms with Gasteiger partial charge in [-0.05, 0) is 25.2 Å². The average molecular weight is 356 g/mol. The van der Waals surface area contributed by atoms with Gasteiger partial charge in [-0.15, -0.1) is 0 Å². The van der Waals surface area contributed by atoms with Crippen molar-refractivity contribution in [2.45, 2.75) is 52.4 Å². The molecule has 0 rings (SSSR count). The van der Waals surface area contributed by atoms with Crippen molar-refractivity contribution in [1.82, 2.24) is 0 Å². The topological polar surface area (TPSA) is 135 Å². The second-order valence-corrected chi connectivity index (χ2v) is 5.91. The van der Waals surface area contributed by atoms with Crippen LogP contribution in [0.15, 0.2) is 0 Å². The van der Waals surface area contributed by atoms with E-state index in [9.17, 15) is 28.2 Å². The molecule has 0 bridgehead atoms. The number of carboxylic acids is 2. The van der Waals surface area contributed by atoms with Gasteiger partial charge in [-0.3, -0.25) is 4.55 Å². The van der Waals surface area contributed by atoms with E-state index in [0.29, 0.717) is 0 Å². The van der Waals surface area contributed by atoms with Crippen molar-refractivity contribution in [2.75, 3.05) is 5.75 Å². The van der Waals surface area contributed by atoms with Crippen LogP contribution >= 0.6 is 0 Å². The molecule has 0 aliphatic carbocycles. The van der Waals surface area contributed by atoms with Gasteiger partial charge < -0.3 is 19.8 Å². The Bertz CT molecular complexity index is 371. The molecule has 120 valence electrons. The van der Waals surface area contributed by atoms with Crippen molar-refractivity contribution in [3.63, 3.8) is 0 Å². The Labute approximate surface area is 176 Å². The Morgan fingerprint density at radius 2 is 1.45 bits per heavy atom. The van der Waals surface area contributed by atoms with Crippen LogP contribution in [0.5, 0.6) is 0 Å². The van der Waals surface area contributed by atoms with Crippen LogP contribution in [0.25, 0.3) is 0 Å². The summed E-state index contributed by atoms with van der Waals surface area (Å²) in [5, 5.41) is 19.0. The zero-order chi connectivity index (χ0) is 16.2. The molecular formula is C12H22Na2O7S. The van der Waals surface area contributed by atoms with E-state index in [2.05, 4.69) is 6.92 Å². The minimum atomic E-state index is -3.77. The number of aliphatic carboxylic acids is 2. The van der Waals surface area contributed by atoms with E-state index in [0.717, 1.165) is 25.7 Å². The summed E-state index contributed by atoms with van der Waals surface area (Å²) in [6, 6.07) is 0. The van der Waals surface area contributed by atoms with E-state index in [-0.39, 0.29) is 70.8 Å². The van der Waals surface area contributed by atoms with Gasteiger partial charge in [-0.1, -0.05) is 33.1 Å². The van der Waals surface area contributed by atoms with Crippen molar-refractivity contribution in [1.29, 1.82) is 0 Å². The maximum absolute atomic E-state index is 10.5. The number of hydrogen-bond acceptors (Lipinski definition) is 6. The predicted octanol–water partition coefficient (Wildman–Crippen LogP) is -6.64. The Morgan fingerprint density at radius 1 is 1.05 bits per heavy atom. The van der Waals surface area contributed by atoms with Crippen LogP contribution in [0, 0.1) is 5.92 Å². The fourth-order valence-corrected chi connectivity index (χ4v) is 2.40. The molecule has 0 saturated heterocycles. The number of carboxylic acid groups (broad SMARTS) is 2. The van der Waals surface area contributed by atoms with Gasteiger partial charge >= 0.3 is 59.1 Å². The molecule has 0 saturated carbocycles. The molecule has 1 unspecified atom stereocenters. The first kappa shape index (κ1) is 30.7. The molecule has 0 aliphatic heterocycles. The summed E-state index contributed by atoms with van der Waals surface area (Å²) in [7, 11) is -3.77. The molecule has 0 aromatic heterocycles. The summed E-state index contributed by atoms with van der Waals surface area (Å²) in [6.45, 7) is 4.02. The largest absolute Gasteiger partial charge is 1.00 e. The fraction of sp³-hybridized carbons (Fsp3) is 0.833. The standard InChI is InChI=1S/C8H18O3S.C4H6O4.2Na/c1-3-5-6-8(4-2)7-12(9,10)11;5-3(6)1-2-4(7)8;;/h8H,3-7H2,1-2H3,(H,9,10,11);1-2H2,(H,5,6)(H,7,8);;/q;;2*+1/p-2. The van der Waals surface area contributed by atoms with Gasteiger partial charge in [0.05, 0.1) is 5.75 Å². The van der Waals surface area contributed by atoms with Crippen molar-refractivity contribution >= 4 is 22.1 Å². The molecule has 10 heteroatoms. The smallest absolute Gasteiger partial charge is 0.550 e. The second kappa shape index (κ2) is 18.2. The normalized spacial score (nSPS) is 11.0. The summed E-state index contributed by atoms with van der Waals surface area (Å²) in [5.74, 6) is -2.69. The van der Waals surface area contributed by atoms with E-state index in [1.807, 2.05) is 6.92 Å². The molecule has 0 fully saturated rings. The van der Waals surface area contributed by atoms with Crippen LogP contribution in [0.3, 0.4) is 0 Å². The summed E-state index contributed by atoms with van der Waals surface area (Å²) >= 11 is 0. The fourth-order valence-electron chi connectivity index (χ4n) is 1.40. The minimum absolute atomic E-state index is 0. The van der Waals surface area contributed by atoms with E-state index >= 15 is 0 Å². The molecule has 1 atom stereocenters. The Hall–Kier alpha value is 0.850. The second-order valence-electron chi connectivity index (χ2n) is 4.41. The number of carbonyl (C=O) groups is 2. The summed E-state index contributed by atoms with van der Waals surface area (Å²) in [4.78, 5) is 19.0. The van der Waals surface area contributed by atoms with Crippen LogP contribution in [-0.2, 0) is 19.7 Å². The van der Waals surface area contributed by atoms with Crippen molar-refractivity contribution in [2.24, 2.45) is 5.92 Å². The number of unbranched alkanes of at least 4 members (excludes halogenated alkanes) is 1. The number of hydrogen-bond donors (Lipinski definition) is 1. The minimum Gasteiger partial charge on any atom is -0.550 e. The van der Waals surface area contributed by atoms with Crippen LogP contribution in [0.1, 0.15) is 52.4 Å². The molecule has 0 spiro atoms. The molecule has 7 nitrogen and oxygen atoms in total. The van der Waals surface area contributed by atoms with Gasteiger partial charge in [0.1, 0.15) is 0 Å². The SMILES string of the molecule is CCCCC(CC)CS(=O)(=O)O.O=C([O-])CCC(=O)[O-].[Na+].[Na+]. The molecule has 0 heterocycles. The van der Waals surface area contributed by atoms with Crippen LogP contribution in [-0.4, -0.2) is 30.7 Å². The molecule has 22 heavy (non-hydrogen) atoms. The van der Waals surface area contributed by atoms with E-state index in [1.54, 1.807) is 0 Å². The van der Waals surface area contributed by atoms with Crippen LogP contribution in [0.4, 0.5) is 0 Å². The third kappa shape index (κ3) is 28.9. The Balaban J connectivity index is -0.000000144. The zero-order valence-corrected chi connectivity index (χ0v) is 18.6. The number of carbonyl (C=O) groups excluding carboxylic acids is 2. The third-order valence-corrected chi connectivity index (χ3v) is 3.42. The Morgan fingerprint density at radius 3 is 1.68 bits per heavy atom. The van der Waals surface area contributed by atoms with Gasteiger partial charge in [0.2, 0.25) is 0 Å². The Kier molecular flexibility index (Phi) is 25.4. The van der Waals surface area contributed by atoms with E-state index in [4.69, 9.17) is 4.55 Å². The first-order valence-electron chi connectivity index (χ1n) is 6.47. The first-order chi connectivity index (χ1) is 9.12. The van der Waals surface area contributed by atoms with Gasteiger partial charge in [0.15, 0.2) is 0 Å². The van der Waals surface area contributed by atoms with Gasteiger partial charge in [-0.2, -0.15) is 8.42 Å². The van der Waals surface area contributed by atoms with Gasteiger partial charge in [-0.25, -0.2) is 0 Å². The maximum atomic E-state index is 10.5. The molecule has 0 aliphatic rings. The summed E-state index contributed by atoms with van der Waals surface area (Å²) < 4.78 is 29.6. The number of rotatable bonds is 9. The molecular weight excluding hydrogens is 334 g/mol. The third-order valence-electron chi connectivity index (χ3n) is 2.52. The quantitative estimate of drug-likeness (QED) is 0.320. The molecule has 0 amide bonds. The molecule has 0 aromatic rings. The summed E-state index contributed by atoms with van der Waals surface area (Å²) in [6.07, 6.45) is 2.88. The van der Waals surface area contributed by atoms with Crippen molar-refractivity contribution in [3.8, 4) is 0 Å². The van der Waals surface area contributed by atoms with Gasteiger partial charge in [0, 0.05) is 11.9 Å². The maximum Gasteiger partial charge on any atom is 1.00 e. The van der Waals surface area contributed by atoms with Crippen LogP contribution in [0.2, 0.25) is 0 Å². The predicted molar refractivity (Wildman–Crippen MR) is 69.0 cm³/mol.